The third kappa shape index (κ3) is 1.78. The average molecular weight is 258 g/mol. The fourth-order valence-electron chi connectivity index (χ4n) is 1.75. The van der Waals surface area contributed by atoms with Crippen LogP contribution in [0.2, 0.25) is 0 Å². The minimum absolute atomic E-state index is 0.164. The number of anilines is 1. The maximum absolute atomic E-state index is 13.0. The van der Waals surface area contributed by atoms with Gasteiger partial charge >= 0.3 is 0 Å². The van der Waals surface area contributed by atoms with Crippen molar-refractivity contribution >= 4 is 21.6 Å². The van der Waals surface area contributed by atoms with Gasteiger partial charge in [-0.1, -0.05) is 6.92 Å². The minimum atomic E-state index is -0.164. The van der Waals surface area contributed by atoms with Crippen molar-refractivity contribution in [3.05, 3.63) is 28.5 Å². The molecule has 2 rings (SSSR count). The topological polar surface area (TPSA) is 3.24 Å². The molecule has 1 saturated heterocycles. The monoisotopic (exact) mass is 257 g/mol. The van der Waals surface area contributed by atoms with Gasteiger partial charge in [-0.05, 0) is 46.5 Å². The summed E-state index contributed by atoms with van der Waals surface area (Å²) in [5.41, 5.74) is 0.981. The van der Waals surface area contributed by atoms with Crippen LogP contribution in [0.4, 0.5) is 10.1 Å². The van der Waals surface area contributed by atoms with E-state index in [0.717, 1.165) is 29.2 Å². The van der Waals surface area contributed by atoms with E-state index >= 15 is 0 Å². The van der Waals surface area contributed by atoms with Crippen LogP contribution in [0, 0.1) is 11.7 Å². The van der Waals surface area contributed by atoms with E-state index in [-0.39, 0.29) is 5.82 Å². The Morgan fingerprint density at radius 2 is 2.21 bits per heavy atom. The van der Waals surface area contributed by atoms with E-state index in [1.165, 1.54) is 12.5 Å². The van der Waals surface area contributed by atoms with Gasteiger partial charge in [0, 0.05) is 17.6 Å². The summed E-state index contributed by atoms with van der Waals surface area (Å²) < 4.78 is 14.0. The number of halogens is 2. The Bertz CT molecular complexity index is 334. The molecule has 0 atom stereocenters. The molecule has 0 unspecified atom stereocenters. The van der Waals surface area contributed by atoms with Gasteiger partial charge in [-0.3, -0.25) is 0 Å². The maximum Gasteiger partial charge on any atom is 0.125 e. The summed E-state index contributed by atoms with van der Waals surface area (Å²) in [7, 11) is 0. The molecule has 76 valence electrons. The van der Waals surface area contributed by atoms with E-state index in [1.54, 1.807) is 12.1 Å². The van der Waals surface area contributed by atoms with Crippen LogP contribution >= 0.6 is 15.9 Å². The van der Waals surface area contributed by atoms with Crippen molar-refractivity contribution in [1.29, 1.82) is 0 Å². The van der Waals surface area contributed by atoms with Crippen LogP contribution < -0.4 is 4.90 Å². The lowest BCUT2D eigenvalue weighted by molar-refractivity contribution is 0.398. The van der Waals surface area contributed by atoms with Gasteiger partial charge < -0.3 is 4.90 Å². The van der Waals surface area contributed by atoms with Crippen LogP contribution in [0.1, 0.15) is 13.3 Å². The fraction of sp³-hybridized carbons (Fsp3) is 0.455. The molecule has 1 aliphatic rings. The number of hydrogen-bond donors (Lipinski definition) is 0. The SMILES string of the molecule is CCC1CN(c2cc(F)ccc2Br)C1. The molecule has 14 heavy (non-hydrogen) atoms. The summed E-state index contributed by atoms with van der Waals surface area (Å²) in [5.74, 6) is 0.619. The summed E-state index contributed by atoms with van der Waals surface area (Å²) in [4.78, 5) is 2.21. The molecule has 0 saturated carbocycles. The zero-order chi connectivity index (χ0) is 10.1. The largest absolute Gasteiger partial charge is 0.370 e. The Balaban J connectivity index is 2.13. The summed E-state index contributed by atoms with van der Waals surface area (Å²) in [6.45, 7) is 4.31. The van der Waals surface area contributed by atoms with E-state index in [1.807, 2.05) is 0 Å². The lowest BCUT2D eigenvalue weighted by Gasteiger charge is -2.41. The van der Waals surface area contributed by atoms with Gasteiger partial charge in [0.15, 0.2) is 0 Å². The standard InChI is InChI=1S/C11H13BrFN/c1-2-8-6-14(7-8)11-5-9(13)3-4-10(11)12/h3-5,8H,2,6-7H2,1H3. The van der Waals surface area contributed by atoms with E-state index in [9.17, 15) is 4.39 Å². The Hall–Kier alpha value is -0.570. The van der Waals surface area contributed by atoms with Crippen LogP contribution in [-0.2, 0) is 0 Å². The Labute approximate surface area is 92.0 Å². The summed E-state index contributed by atoms with van der Waals surface area (Å²) in [6, 6.07) is 4.84. The van der Waals surface area contributed by atoms with E-state index in [0.29, 0.717) is 0 Å². The van der Waals surface area contributed by atoms with Crippen LogP contribution in [-0.4, -0.2) is 13.1 Å². The molecule has 0 amide bonds. The summed E-state index contributed by atoms with van der Waals surface area (Å²) in [5, 5.41) is 0. The first kappa shape index (κ1) is 9.97. The summed E-state index contributed by atoms with van der Waals surface area (Å²) in [6.07, 6.45) is 1.21. The maximum atomic E-state index is 13.0. The van der Waals surface area contributed by atoms with Crippen LogP contribution in [0.3, 0.4) is 0 Å². The number of nitrogens with zero attached hydrogens (tertiary/aromatic N) is 1. The molecular formula is C11H13BrFN. The fourth-order valence-corrected chi connectivity index (χ4v) is 2.25. The first-order valence-electron chi connectivity index (χ1n) is 4.90. The molecule has 1 nitrogen and oxygen atoms in total. The van der Waals surface area contributed by atoms with Gasteiger partial charge in [-0.15, -0.1) is 0 Å². The summed E-state index contributed by atoms with van der Waals surface area (Å²) >= 11 is 3.44. The predicted molar refractivity (Wildman–Crippen MR) is 60.1 cm³/mol. The molecule has 1 aromatic rings. The van der Waals surface area contributed by atoms with Crippen molar-refractivity contribution in [3.8, 4) is 0 Å². The molecule has 3 heteroatoms. The zero-order valence-corrected chi connectivity index (χ0v) is 9.72. The Morgan fingerprint density at radius 1 is 1.50 bits per heavy atom. The highest BCUT2D eigenvalue weighted by Crippen LogP contribution is 2.32. The molecule has 0 aliphatic carbocycles. The molecule has 0 bridgehead atoms. The van der Waals surface area contributed by atoms with Crippen molar-refractivity contribution in [2.75, 3.05) is 18.0 Å². The molecular weight excluding hydrogens is 245 g/mol. The predicted octanol–water partition coefficient (Wildman–Crippen LogP) is 3.43. The van der Waals surface area contributed by atoms with Crippen molar-refractivity contribution in [2.24, 2.45) is 5.92 Å². The number of benzene rings is 1. The van der Waals surface area contributed by atoms with Crippen molar-refractivity contribution in [2.45, 2.75) is 13.3 Å². The first-order valence-corrected chi connectivity index (χ1v) is 5.70. The lowest BCUT2D eigenvalue weighted by Crippen LogP contribution is -2.46. The van der Waals surface area contributed by atoms with Gasteiger partial charge in [-0.25, -0.2) is 4.39 Å². The molecule has 1 heterocycles. The number of hydrogen-bond acceptors (Lipinski definition) is 1. The zero-order valence-electron chi connectivity index (χ0n) is 8.13. The van der Waals surface area contributed by atoms with Crippen molar-refractivity contribution in [1.82, 2.24) is 0 Å². The minimum Gasteiger partial charge on any atom is -0.370 e. The van der Waals surface area contributed by atoms with Crippen molar-refractivity contribution in [3.63, 3.8) is 0 Å². The van der Waals surface area contributed by atoms with Gasteiger partial charge in [0.25, 0.3) is 0 Å². The highest BCUT2D eigenvalue weighted by molar-refractivity contribution is 9.10. The second-order valence-corrected chi connectivity index (χ2v) is 4.63. The van der Waals surface area contributed by atoms with Crippen molar-refractivity contribution < 1.29 is 4.39 Å². The van der Waals surface area contributed by atoms with Crippen LogP contribution in [0.15, 0.2) is 22.7 Å². The van der Waals surface area contributed by atoms with Gasteiger partial charge in [-0.2, -0.15) is 0 Å². The molecule has 0 aromatic heterocycles. The molecule has 1 aliphatic heterocycles. The van der Waals surface area contributed by atoms with Gasteiger partial charge in [0.05, 0.1) is 5.69 Å². The van der Waals surface area contributed by atoms with E-state index in [2.05, 4.69) is 27.8 Å². The second-order valence-electron chi connectivity index (χ2n) is 3.77. The average Bonchev–Trinajstić information content (AvgIpc) is 2.09. The third-order valence-corrected chi connectivity index (χ3v) is 3.45. The first-order chi connectivity index (χ1) is 6.70. The normalized spacial score (nSPS) is 16.9. The molecule has 1 aromatic carbocycles. The van der Waals surface area contributed by atoms with Crippen LogP contribution in [0.5, 0.6) is 0 Å². The third-order valence-electron chi connectivity index (χ3n) is 2.78. The highest BCUT2D eigenvalue weighted by Gasteiger charge is 2.26. The Morgan fingerprint density at radius 3 is 2.86 bits per heavy atom. The van der Waals surface area contributed by atoms with Gasteiger partial charge in [0.1, 0.15) is 5.82 Å². The van der Waals surface area contributed by atoms with E-state index < -0.39 is 0 Å². The highest BCUT2D eigenvalue weighted by atomic mass is 79.9. The second kappa shape index (κ2) is 3.89. The smallest absolute Gasteiger partial charge is 0.125 e. The van der Waals surface area contributed by atoms with E-state index in [4.69, 9.17) is 0 Å². The number of rotatable bonds is 2. The molecule has 0 spiro atoms. The molecule has 0 N–H and O–H groups in total. The molecule has 0 radical (unpaired) electrons. The molecule has 1 fully saturated rings. The lowest BCUT2D eigenvalue weighted by atomic mass is 9.96. The van der Waals surface area contributed by atoms with Gasteiger partial charge in [0.2, 0.25) is 0 Å². The Kier molecular flexibility index (Phi) is 2.77. The van der Waals surface area contributed by atoms with Crippen LogP contribution in [0.25, 0.3) is 0 Å². The quantitative estimate of drug-likeness (QED) is 0.785.